The molecule has 1 atom stereocenters. The first kappa shape index (κ1) is 17.1. The zero-order chi connectivity index (χ0) is 11.1. The molecule has 1 unspecified atom stereocenters. The Kier molecular flexibility index (Phi) is 10.2. The van der Waals surface area contributed by atoms with E-state index in [1.165, 1.54) is 16.7 Å². The Morgan fingerprint density at radius 3 is 1.87 bits per heavy atom. The van der Waals surface area contributed by atoms with E-state index in [0.29, 0.717) is 5.92 Å². The third kappa shape index (κ3) is 5.97. The van der Waals surface area contributed by atoms with Crippen molar-refractivity contribution in [2.45, 2.75) is 34.6 Å². The summed E-state index contributed by atoms with van der Waals surface area (Å²) in [5.41, 5.74) is 4.25. The molecular weight excluding hydrogens is 216 g/mol. The van der Waals surface area contributed by atoms with Gasteiger partial charge in [0.1, 0.15) is 0 Å². The Morgan fingerprint density at radius 1 is 1.27 bits per heavy atom. The molecule has 0 heterocycles. The van der Waals surface area contributed by atoms with Gasteiger partial charge in [-0.2, -0.15) is 11.1 Å². The number of hydrogen-bond donors (Lipinski definition) is 0. The van der Waals surface area contributed by atoms with Gasteiger partial charge in [-0.15, -0.1) is 6.92 Å². The van der Waals surface area contributed by atoms with Crippen molar-refractivity contribution in [2.24, 2.45) is 5.92 Å². The van der Waals surface area contributed by atoms with Gasteiger partial charge in [-0.3, -0.25) is 6.08 Å². The Bertz CT molecular complexity index is 280. The normalized spacial score (nSPS) is 19.3. The number of rotatable bonds is 1. The second-order valence-electron chi connectivity index (χ2n) is 3.56. The molecule has 15 heavy (non-hydrogen) atoms. The van der Waals surface area contributed by atoms with E-state index in [2.05, 4.69) is 40.3 Å². The molecule has 0 aromatic heterocycles. The largest absolute Gasteiger partial charge is 0.266 e. The SMILES string of the molecule is C=CC=CC.CC1=[C-]C(C)C(C)=C1C.[Ti]. The van der Waals surface area contributed by atoms with Gasteiger partial charge in [0.25, 0.3) is 0 Å². The molecular formula is C14H21Ti-. The third-order valence-corrected chi connectivity index (χ3v) is 2.57. The second-order valence-corrected chi connectivity index (χ2v) is 3.56. The van der Waals surface area contributed by atoms with E-state index < -0.39 is 0 Å². The summed E-state index contributed by atoms with van der Waals surface area (Å²) in [6.07, 6.45) is 8.94. The first-order chi connectivity index (χ1) is 6.54. The van der Waals surface area contributed by atoms with E-state index in [-0.39, 0.29) is 21.7 Å². The maximum absolute atomic E-state index is 3.46. The minimum atomic E-state index is 0. The molecule has 0 saturated carbocycles. The standard InChI is InChI=1S/C9H13.C5H8.Ti/c1-6-5-7(2)9(4)8(6)3;1-3-5-4-2;/h6H,1-4H3;3-5H,1H2,2H3;/q-1;;. The van der Waals surface area contributed by atoms with Gasteiger partial charge in [0.15, 0.2) is 0 Å². The molecule has 0 aliphatic heterocycles. The van der Waals surface area contributed by atoms with Gasteiger partial charge < -0.3 is 0 Å². The van der Waals surface area contributed by atoms with Crippen LogP contribution in [0.15, 0.2) is 41.5 Å². The summed E-state index contributed by atoms with van der Waals surface area (Å²) in [5, 5.41) is 0. The van der Waals surface area contributed by atoms with Gasteiger partial charge in [-0.1, -0.05) is 51.5 Å². The Morgan fingerprint density at radius 2 is 1.80 bits per heavy atom. The summed E-state index contributed by atoms with van der Waals surface area (Å²) < 4.78 is 0. The van der Waals surface area contributed by atoms with Crippen molar-refractivity contribution in [2.75, 3.05) is 0 Å². The Labute approximate surface area is 110 Å². The smallest absolute Gasteiger partial charge is 0 e. The van der Waals surface area contributed by atoms with Gasteiger partial charge in [0.2, 0.25) is 0 Å². The van der Waals surface area contributed by atoms with Gasteiger partial charge in [0.05, 0.1) is 0 Å². The molecule has 0 saturated heterocycles. The summed E-state index contributed by atoms with van der Waals surface area (Å²) in [4.78, 5) is 0. The van der Waals surface area contributed by atoms with Gasteiger partial charge >= 0.3 is 0 Å². The summed E-state index contributed by atoms with van der Waals surface area (Å²) in [6, 6.07) is 0. The molecule has 0 bridgehead atoms. The van der Waals surface area contributed by atoms with Gasteiger partial charge in [-0.05, 0) is 6.92 Å². The molecule has 1 aliphatic carbocycles. The van der Waals surface area contributed by atoms with E-state index in [4.69, 9.17) is 0 Å². The topological polar surface area (TPSA) is 0 Å². The van der Waals surface area contributed by atoms with E-state index in [0.717, 1.165) is 0 Å². The van der Waals surface area contributed by atoms with Crippen molar-refractivity contribution in [3.05, 3.63) is 47.6 Å². The van der Waals surface area contributed by atoms with Crippen LogP contribution in [0.4, 0.5) is 0 Å². The van der Waals surface area contributed by atoms with Crippen molar-refractivity contribution in [1.29, 1.82) is 0 Å². The molecule has 0 nitrogen and oxygen atoms in total. The van der Waals surface area contributed by atoms with Crippen LogP contribution in [-0.4, -0.2) is 0 Å². The number of hydrogen-bond acceptors (Lipinski definition) is 0. The van der Waals surface area contributed by atoms with Crippen LogP contribution in [0.25, 0.3) is 0 Å². The molecule has 0 amide bonds. The predicted molar refractivity (Wildman–Crippen MR) is 65.0 cm³/mol. The van der Waals surface area contributed by atoms with Crippen LogP contribution >= 0.6 is 0 Å². The fourth-order valence-electron chi connectivity index (χ4n) is 1.30. The summed E-state index contributed by atoms with van der Waals surface area (Å²) in [6.45, 7) is 14.1. The Hall–Kier alpha value is -0.326. The maximum Gasteiger partial charge on any atom is 0 e. The van der Waals surface area contributed by atoms with Gasteiger partial charge in [0, 0.05) is 21.7 Å². The second kappa shape index (κ2) is 8.94. The fourth-order valence-corrected chi connectivity index (χ4v) is 1.30. The van der Waals surface area contributed by atoms with Crippen LogP contribution in [0.3, 0.4) is 0 Å². The molecule has 0 spiro atoms. The molecule has 0 aromatic carbocycles. The first-order valence-electron chi connectivity index (χ1n) is 5.06. The summed E-state index contributed by atoms with van der Waals surface area (Å²) in [7, 11) is 0. The quantitative estimate of drug-likeness (QED) is 0.358. The molecule has 0 N–H and O–H groups in total. The first-order valence-corrected chi connectivity index (χ1v) is 5.06. The fraction of sp³-hybridized carbons (Fsp3) is 0.429. The van der Waals surface area contributed by atoms with Crippen LogP contribution in [0.1, 0.15) is 34.6 Å². The van der Waals surface area contributed by atoms with Crippen LogP contribution in [0, 0.1) is 12.0 Å². The van der Waals surface area contributed by atoms with Crippen molar-refractivity contribution >= 4 is 0 Å². The van der Waals surface area contributed by atoms with Crippen LogP contribution in [-0.2, 0) is 21.7 Å². The molecule has 1 heteroatoms. The Balaban J connectivity index is 0. The third-order valence-electron chi connectivity index (χ3n) is 2.57. The van der Waals surface area contributed by atoms with Crippen molar-refractivity contribution in [1.82, 2.24) is 0 Å². The van der Waals surface area contributed by atoms with Gasteiger partial charge in [-0.25, -0.2) is 5.57 Å². The van der Waals surface area contributed by atoms with Crippen molar-refractivity contribution in [3.8, 4) is 0 Å². The monoisotopic (exact) mass is 237 g/mol. The van der Waals surface area contributed by atoms with Crippen LogP contribution in [0.2, 0.25) is 0 Å². The molecule has 1 aliphatic rings. The van der Waals surface area contributed by atoms with E-state index in [9.17, 15) is 0 Å². The zero-order valence-corrected chi connectivity index (χ0v) is 12.1. The van der Waals surface area contributed by atoms with E-state index in [1.807, 2.05) is 19.1 Å². The average Bonchev–Trinajstić information content (AvgIpc) is 2.36. The van der Waals surface area contributed by atoms with Crippen molar-refractivity contribution < 1.29 is 21.7 Å². The molecule has 0 aromatic rings. The van der Waals surface area contributed by atoms with Crippen molar-refractivity contribution in [3.63, 3.8) is 0 Å². The maximum atomic E-state index is 3.46. The molecule has 0 fully saturated rings. The molecule has 82 valence electrons. The molecule has 1 rings (SSSR count). The minimum Gasteiger partial charge on any atom is -0.266 e. The minimum absolute atomic E-state index is 0. The number of allylic oxidation sites excluding steroid dienone is 7. The van der Waals surface area contributed by atoms with Crippen LogP contribution < -0.4 is 0 Å². The van der Waals surface area contributed by atoms with E-state index in [1.54, 1.807) is 6.08 Å². The molecule has 0 radical (unpaired) electrons. The van der Waals surface area contributed by atoms with E-state index >= 15 is 0 Å². The summed E-state index contributed by atoms with van der Waals surface area (Å²) >= 11 is 0. The van der Waals surface area contributed by atoms with Crippen LogP contribution in [0.5, 0.6) is 0 Å². The average molecular weight is 237 g/mol. The zero-order valence-electron chi connectivity index (χ0n) is 10.5. The summed E-state index contributed by atoms with van der Waals surface area (Å²) in [5.74, 6) is 0.560. The predicted octanol–water partition coefficient (Wildman–Crippen LogP) is 4.47.